The van der Waals surface area contributed by atoms with E-state index in [1.54, 1.807) is 0 Å². The lowest BCUT2D eigenvalue weighted by atomic mass is 9.99. The number of likely N-dealkylation sites (tertiary alicyclic amines) is 1. The lowest BCUT2D eigenvalue weighted by Crippen LogP contribution is -2.33. The first-order valence-electron chi connectivity index (χ1n) is 8.36. The van der Waals surface area contributed by atoms with E-state index in [2.05, 4.69) is 11.8 Å². The number of nitrogens with zero attached hydrogens (tertiary/aromatic N) is 1. The van der Waals surface area contributed by atoms with Gasteiger partial charge in [-0.2, -0.15) is 0 Å². The second kappa shape index (κ2) is 8.93. The van der Waals surface area contributed by atoms with Gasteiger partial charge in [0, 0.05) is 0 Å². The molecule has 2 rings (SSSR count). The molecule has 0 radical (unpaired) electrons. The van der Waals surface area contributed by atoms with E-state index in [1.807, 2.05) is 31.2 Å². The average Bonchev–Trinajstić information content (AvgIpc) is 2.51. The molecule has 1 aliphatic heterocycles. The summed E-state index contributed by atoms with van der Waals surface area (Å²) in [7, 11) is 0. The number of hydrogen-bond acceptors (Lipinski definition) is 3. The Morgan fingerprint density at radius 2 is 1.62 bits per heavy atom. The zero-order chi connectivity index (χ0) is 14.9. The van der Waals surface area contributed by atoms with Crippen LogP contribution in [0.2, 0.25) is 0 Å². The first-order valence-corrected chi connectivity index (χ1v) is 8.36. The van der Waals surface area contributed by atoms with E-state index < -0.39 is 0 Å². The van der Waals surface area contributed by atoms with Crippen molar-refractivity contribution in [3.63, 3.8) is 0 Å². The second-order valence-corrected chi connectivity index (χ2v) is 5.98. The van der Waals surface area contributed by atoms with Gasteiger partial charge in [0.2, 0.25) is 0 Å². The maximum atomic E-state index is 5.77. The van der Waals surface area contributed by atoms with E-state index in [4.69, 9.17) is 9.47 Å². The molecular formula is C18H29NO2. The third kappa shape index (κ3) is 5.96. The molecule has 1 aliphatic rings. The standard InChI is InChI=1S/C18H29NO2/c1-3-20-17-6-8-18(9-7-17)21-15-5-4-12-19-13-10-16(2)11-14-19/h6-9,16H,3-5,10-15H2,1-2H3. The highest BCUT2D eigenvalue weighted by Crippen LogP contribution is 2.18. The molecule has 0 spiro atoms. The highest BCUT2D eigenvalue weighted by molar-refractivity contribution is 5.31. The summed E-state index contributed by atoms with van der Waals surface area (Å²) in [5, 5.41) is 0. The van der Waals surface area contributed by atoms with Crippen molar-refractivity contribution in [2.24, 2.45) is 5.92 Å². The van der Waals surface area contributed by atoms with E-state index in [0.29, 0.717) is 6.61 Å². The minimum absolute atomic E-state index is 0.704. The van der Waals surface area contributed by atoms with Crippen molar-refractivity contribution < 1.29 is 9.47 Å². The number of unbranched alkanes of at least 4 members (excludes halogenated alkanes) is 1. The fourth-order valence-corrected chi connectivity index (χ4v) is 2.71. The molecule has 0 saturated carbocycles. The maximum Gasteiger partial charge on any atom is 0.119 e. The van der Waals surface area contributed by atoms with Crippen molar-refractivity contribution in [2.75, 3.05) is 32.8 Å². The maximum absolute atomic E-state index is 5.77. The highest BCUT2D eigenvalue weighted by atomic mass is 16.5. The van der Waals surface area contributed by atoms with E-state index >= 15 is 0 Å². The molecule has 0 N–H and O–H groups in total. The predicted octanol–water partition coefficient (Wildman–Crippen LogP) is 3.98. The SMILES string of the molecule is CCOc1ccc(OCCCCN2CCC(C)CC2)cc1. The van der Waals surface area contributed by atoms with Crippen LogP contribution < -0.4 is 9.47 Å². The van der Waals surface area contributed by atoms with E-state index in [0.717, 1.165) is 30.4 Å². The van der Waals surface area contributed by atoms with Gasteiger partial charge in [-0.1, -0.05) is 6.92 Å². The third-order valence-corrected chi connectivity index (χ3v) is 4.15. The monoisotopic (exact) mass is 291 g/mol. The number of hydrogen-bond donors (Lipinski definition) is 0. The molecule has 1 saturated heterocycles. The quantitative estimate of drug-likeness (QED) is 0.676. The molecule has 0 aliphatic carbocycles. The van der Waals surface area contributed by atoms with Crippen molar-refractivity contribution in [3.05, 3.63) is 24.3 Å². The first kappa shape index (κ1) is 16.2. The largest absolute Gasteiger partial charge is 0.494 e. The van der Waals surface area contributed by atoms with Crippen LogP contribution in [0.3, 0.4) is 0 Å². The Bertz CT molecular complexity index is 383. The van der Waals surface area contributed by atoms with Crippen LogP contribution in [0.4, 0.5) is 0 Å². The lowest BCUT2D eigenvalue weighted by Gasteiger charge is -2.30. The Hall–Kier alpha value is -1.22. The van der Waals surface area contributed by atoms with Gasteiger partial charge in [0.25, 0.3) is 0 Å². The van der Waals surface area contributed by atoms with Crippen LogP contribution in [0.15, 0.2) is 24.3 Å². The molecule has 1 fully saturated rings. The van der Waals surface area contributed by atoms with Crippen LogP contribution >= 0.6 is 0 Å². The molecule has 21 heavy (non-hydrogen) atoms. The number of rotatable bonds is 8. The first-order chi connectivity index (χ1) is 10.3. The summed E-state index contributed by atoms with van der Waals surface area (Å²) in [4.78, 5) is 2.59. The van der Waals surface area contributed by atoms with Crippen LogP contribution in [0.5, 0.6) is 11.5 Å². The van der Waals surface area contributed by atoms with Crippen LogP contribution in [0, 0.1) is 5.92 Å². The lowest BCUT2D eigenvalue weighted by molar-refractivity contribution is 0.185. The minimum Gasteiger partial charge on any atom is -0.494 e. The number of piperidine rings is 1. The summed E-state index contributed by atoms with van der Waals surface area (Å²) in [6, 6.07) is 7.90. The van der Waals surface area contributed by atoms with Gasteiger partial charge in [0.05, 0.1) is 13.2 Å². The zero-order valence-corrected chi connectivity index (χ0v) is 13.5. The van der Waals surface area contributed by atoms with E-state index in [1.165, 1.54) is 38.9 Å². The molecular weight excluding hydrogens is 262 g/mol. The molecule has 0 unspecified atom stereocenters. The normalized spacial score (nSPS) is 16.9. The Balaban J connectivity index is 1.55. The average molecular weight is 291 g/mol. The summed E-state index contributed by atoms with van der Waals surface area (Å²) >= 11 is 0. The molecule has 0 atom stereocenters. The van der Waals surface area contributed by atoms with Gasteiger partial charge < -0.3 is 14.4 Å². The van der Waals surface area contributed by atoms with Crippen LogP contribution in [-0.4, -0.2) is 37.7 Å². The Kier molecular flexibility index (Phi) is 6.87. The Labute approximate surface area is 129 Å². The summed E-state index contributed by atoms with van der Waals surface area (Å²) in [6.45, 7) is 9.64. The summed E-state index contributed by atoms with van der Waals surface area (Å²) in [6.07, 6.45) is 5.08. The molecule has 0 amide bonds. The van der Waals surface area contributed by atoms with Gasteiger partial charge in [-0.05, 0) is 82.4 Å². The van der Waals surface area contributed by atoms with Crippen LogP contribution in [0.25, 0.3) is 0 Å². The van der Waals surface area contributed by atoms with Gasteiger partial charge in [-0.3, -0.25) is 0 Å². The Morgan fingerprint density at radius 1 is 1.00 bits per heavy atom. The van der Waals surface area contributed by atoms with Crippen molar-refractivity contribution in [3.8, 4) is 11.5 Å². The smallest absolute Gasteiger partial charge is 0.119 e. The molecule has 1 heterocycles. The third-order valence-electron chi connectivity index (χ3n) is 4.15. The van der Waals surface area contributed by atoms with Gasteiger partial charge >= 0.3 is 0 Å². The zero-order valence-electron chi connectivity index (χ0n) is 13.5. The summed E-state index contributed by atoms with van der Waals surface area (Å²) < 4.78 is 11.2. The van der Waals surface area contributed by atoms with Gasteiger partial charge in [0.1, 0.15) is 11.5 Å². The van der Waals surface area contributed by atoms with Gasteiger partial charge in [-0.15, -0.1) is 0 Å². The van der Waals surface area contributed by atoms with E-state index in [9.17, 15) is 0 Å². The van der Waals surface area contributed by atoms with Crippen molar-refractivity contribution >= 4 is 0 Å². The molecule has 3 nitrogen and oxygen atoms in total. The van der Waals surface area contributed by atoms with Crippen LogP contribution in [0.1, 0.15) is 39.5 Å². The van der Waals surface area contributed by atoms with Crippen molar-refractivity contribution in [1.82, 2.24) is 4.90 Å². The summed E-state index contributed by atoms with van der Waals surface area (Å²) in [5.41, 5.74) is 0. The fraction of sp³-hybridized carbons (Fsp3) is 0.667. The van der Waals surface area contributed by atoms with Crippen LogP contribution in [-0.2, 0) is 0 Å². The van der Waals surface area contributed by atoms with Crippen molar-refractivity contribution in [1.29, 1.82) is 0 Å². The van der Waals surface area contributed by atoms with Gasteiger partial charge in [0.15, 0.2) is 0 Å². The molecule has 1 aromatic carbocycles. The number of benzene rings is 1. The molecule has 118 valence electrons. The van der Waals surface area contributed by atoms with Gasteiger partial charge in [-0.25, -0.2) is 0 Å². The molecule has 3 heteroatoms. The molecule has 0 bridgehead atoms. The van der Waals surface area contributed by atoms with Crippen molar-refractivity contribution in [2.45, 2.75) is 39.5 Å². The predicted molar refractivity (Wildman–Crippen MR) is 87.2 cm³/mol. The Morgan fingerprint density at radius 3 is 2.24 bits per heavy atom. The molecule has 0 aromatic heterocycles. The fourth-order valence-electron chi connectivity index (χ4n) is 2.71. The second-order valence-electron chi connectivity index (χ2n) is 5.98. The number of ether oxygens (including phenoxy) is 2. The molecule has 1 aromatic rings. The minimum atomic E-state index is 0.704. The van der Waals surface area contributed by atoms with E-state index in [-0.39, 0.29) is 0 Å². The summed E-state index contributed by atoms with van der Waals surface area (Å²) in [5.74, 6) is 2.76. The topological polar surface area (TPSA) is 21.7 Å². The highest BCUT2D eigenvalue weighted by Gasteiger charge is 2.14.